The van der Waals surface area contributed by atoms with Crippen LogP contribution in [0.1, 0.15) is 41.3 Å². The first-order chi connectivity index (χ1) is 17.5. The summed E-state index contributed by atoms with van der Waals surface area (Å²) in [6, 6.07) is 6.21. The normalized spacial score (nSPS) is 19.9. The van der Waals surface area contributed by atoms with E-state index in [1.807, 2.05) is 11.9 Å². The summed E-state index contributed by atoms with van der Waals surface area (Å²) in [7, 11) is 3.49. The Bertz CT molecular complexity index is 1290. The lowest BCUT2D eigenvalue weighted by atomic mass is 9.97. The summed E-state index contributed by atoms with van der Waals surface area (Å²) in [4.78, 5) is 22.2. The van der Waals surface area contributed by atoms with Gasteiger partial charge in [0.15, 0.2) is 0 Å². The number of carbonyl (C=O) groups excluding carboxylic acids is 1. The number of amides is 1. The predicted octanol–water partition coefficient (Wildman–Crippen LogP) is 3.93. The van der Waals surface area contributed by atoms with Gasteiger partial charge < -0.3 is 15.5 Å². The van der Waals surface area contributed by atoms with Crippen LogP contribution in [0.15, 0.2) is 36.7 Å². The maximum Gasteiger partial charge on any atom is 0.397 e. The molecule has 0 spiro atoms. The number of anilines is 1. The van der Waals surface area contributed by atoms with Crippen LogP contribution in [-0.2, 0) is 7.05 Å². The lowest BCUT2D eigenvalue weighted by molar-refractivity contribution is -0.146. The van der Waals surface area contributed by atoms with Gasteiger partial charge in [-0.15, -0.1) is 5.10 Å². The fourth-order valence-corrected chi connectivity index (χ4v) is 4.29. The van der Waals surface area contributed by atoms with Crippen LogP contribution in [-0.4, -0.2) is 75.6 Å². The summed E-state index contributed by atoms with van der Waals surface area (Å²) in [6.07, 6.45) is -0.504. The molecule has 0 saturated carbocycles. The molecule has 37 heavy (non-hydrogen) atoms. The quantitative estimate of drug-likeness (QED) is 0.460. The minimum atomic E-state index is -4.49. The molecule has 8 nitrogen and oxygen atoms in total. The van der Waals surface area contributed by atoms with Crippen LogP contribution in [0.4, 0.5) is 23.2 Å². The first-order valence-electron chi connectivity index (χ1n) is 11.9. The molecule has 1 aliphatic rings. The number of hydrogen-bond acceptors (Lipinski definition) is 6. The van der Waals surface area contributed by atoms with Gasteiger partial charge >= 0.3 is 6.18 Å². The third kappa shape index (κ3) is 6.24. The minimum Gasteiger partial charge on any atom is -0.379 e. The number of likely N-dealkylation sites (tertiary alicyclic amines) is 1. The van der Waals surface area contributed by atoms with Crippen molar-refractivity contribution < 1.29 is 22.4 Å². The molecule has 1 aliphatic heterocycles. The van der Waals surface area contributed by atoms with Crippen LogP contribution < -0.4 is 10.6 Å². The molecule has 4 rings (SSSR count). The molecule has 198 valence electrons. The number of pyridine rings is 1. The molecular formula is C25H29F4N7O. The van der Waals surface area contributed by atoms with Gasteiger partial charge in [-0.3, -0.25) is 14.5 Å². The van der Waals surface area contributed by atoms with Crippen molar-refractivity contribution in [1.82, 2.24) is 30.0 Å². The first kappa shape index (κ1) is 26.5. The van der Waals surface area contributed by atoms with E-state index >= 15 is 0 Å². The second-order valence-electron chi connectivity index (χ2n) is 9.27. The van der Waals surface area contributed by atoms with Crippen LogP contribution in [0, 0.1) is 0 Å². The van der Waals surface area contributed by atoms with Crippen LogP contribution in [0.2, 0.25) is 0 Å². The van der Waals surface area contributed by atoms with E-state index in [9.17, 15) is 22.4 Å². The number of aromatic nitrogens is 4. The van der Waals surface area contributed by atoms with E-state index in [0.717, 1.165) is 6.92 Å². The molecule has 2 N–H and O–H groups in total. The van der Waals surface area contributed by atoms with E-state index in [2.05, 4.69) is 25.7 Å². The molecule has 3 heterocycles. The van der Waals surface area contributed by atoms with Crippen molar-refractivity contribution in [3.05, 3.63) is 53.9 Å². The Hall–Kier alpha value is -3.54. The Morgan fingerprint density at radius 1 is 1.27 bits per heavy atom. The van der Waals surface area contributed by atoms with E-state index in [0.29, 0.717) is 35.1 Å². The average Bonchev–Trinajstić information content (AvgIpc) is 3.28. The molecule has 1 fully saturated rings. The molecule has 12 heteroatoms. The second kappa shape index (κ2) is 10.8. The molecule has 1 aromatic carbocycles. The Kier molecular flexibility index (Phi) is 7.76. The number of aryl methyl sites for hydroxylation is 1. The minimum absolute atomic E-state index is 0.0109. The zero-order valence-electron chi connectivity index (χ0n) is 20.8. The molecule has 0 bridgehead atoms. The highest BCUT2D eigenvalue weighted by Gasteiger charge is 2.39. The average molecular weight is 520 g/mol. The van der Waals surface area contributed by atoms with Crippen molar-refractivity contribution in [1.29, 1.82) is 0 Å². The molecular weight excluding hydrogens is 490 g/mol. The molecule has 1 saturated heterocycles. The summed E-state index contributed by atoms with van der Waals surface area (Å²) < 4.78 is 57.3. The SMILES string of the molecule is CC(c1nc(/C=C/CNC(=O)c2ncn(C)n2)cc2c(N[C@@H]3CCN(C)C[C@@H]3F)cccc12)C(F)(F)F. The number of nitrogens with zero attached hydrogens (tertiary/aromatic N) is 5. The van der Waals surface area contributed by atoms with Crippen LogP contribution in [0.25, 0.3) is 16.8 Å². The molecule has 1 amide bonds. The fourth-order valence-electron chi connectivity index (χ4n) is 4.29. The standard InChI is InChI=1S/C25H29F4N7O/c1-15(25(27,28)29)22-17-7-4-8-20(33-21-9-11-35(2)13-19(21)26)18(17)12-16(32-22)6-5-10-30-24(37)23-31-14-36(3)34-23/h4-8,12,14-15,19,21,33H,9-11,13H2,1-3H3,(H,30,37)/b6-5+/t15?,19-,21+/m0/s1. The number of benzene rings is 1. The maximum absolute atomic E-state index is 14.7. The van der Waals surface area contributed by atoms with Gasteiger partial charge in [-0.05, 0) is 38.6 Å². The number of nitrogens with one attached hydrogen (secondary N) is 2. The Balaban J connectivity index is 1.63. The van der Waals surface area contributed by atoms with Crippen LogP contribution >= 0.6 is 0 Å². The molecule has 0 radical (unpaired) electrons. The third-order valence-corrected chi connectivity index (χ3v) is 6.38. The second-order valence-corrected chi connectivity index (χ2v) is 9.27. The van der Waals surface area contributed by atoms with Gasteiger partial charge in [-0.25, -0.2) is 9.37 Å². The lowest BCUT2D eigenvalue weighted by Gasteiger charge is -2.33. The predicted molar refractivity (Wildman–Crippen MR) is 133 cm³/mol. The number of rotatable bonds is 7. The Morgan fingerprint density at radius 3 is 2.73 bits per heavy atom. The monoisotopic (exact) mass is 519 g/mol. The number of piperidine rings is 1. The lowest BCUT2D eigenvalue weighted by Crippen LogP contribution is -2.46. The molecule has 3 atom stereocenters. The van der Waals surface area contributed by atoms with Crippen molar-refractivity contribution in [2.45, 2.75) is 37.7 Å². The smallest absolute Gasteiger partial charge is 0.379 e. The van der Waals surface area contributed by atoms with Crippen molar-refractivity contribution in [2.75, 3.05) is 32.0 Å². The summed E-state index contributed by atoms with van der Waals surface area (Å²) in [5.74, 6) is -2.28. The summed E-state index contributed by atoms with van der Waals surface area (Å²) in [5.41, 5.74) is 0.727. The third-order valence-electron chi connectivity index (χ3n) is 6.38. The molecule has 1 unspecified atom stereocenters. The fraction of sp³-hybridized carbons (Fsp3) is 0.440. The number of halogens is 4. The summed E-state index contributed by atoms with van der Waals surface area (Å²) >= 11 is 0. The highest BCUT2D eigenvalue weighted by atomic mass is 19.4. The van der Waals surface area contributed by atoms with E-state index in [1.54, 1.807) is 43.5 Å². The number of hydrogen-bond donors (Lipinski definition) is 2. The summed E-state index contributed by atoms with van der Waals surface area (Å²) in [6.45, 7) is 2.17. The number of alkyl halides is 4. The van der Waals surface area contributed by atoms with Crippen LogP contribution in [0.3, 0.4) is 0 Å². The van der Waals surface area contributed by atoms with Gasteiger partial charge in [0.05, 0.1) is 23.3 Å². The van der Waals surface area contributed by atoms with Gasteiger partial charge in [0.1, 0.15) is 12.5 Å². The molecule has 0 aliphatic carbocycles. The van der Waals surface area contributed by atoms with Crippen LogP contribution in [0.5, 0.6) is 0 Å². The van der Waals surface area contributed by atoms with E-state index in [1.165, 1.54) is 11.0 Å². The summed E-state index contributed by atoms with van der Waals surface area (Å²) in [5, 5.41) is 10.6. The first-order valence-corrected chi connectivity index (χ1v) is 11.9. The maximum atomic E-state index is 14.7. The van der Waals surface area contributed by atoms with Gasteiger partial charge in [-0.1, -0.05) is 18.2 Å². The van der Waals surface area contributed by atoms with E-state index < -0.39 is 30.2 Å². The zero-order chi connectivity index (χ0) is 26.7. The van der Waals surface area contributed by atoms with Gasteiger partial charge in [0.2, 0.25) is 5.82 Å². The molecule has 2 aromatic heterocycles. The Morgan fingerprint density at radius 2 is 2.05 bits per heavy atom. The van der Waals surface area contributed by atoms with Gasteiger partial charge in [0.25, 0.3) is 5.91 Å². The Labute approximate surface area is 211 Å². The van der Waals surface area contributed by atoms with E-state index in [-0.39, 0.29) is 24.6 Å². The van der Waals surface area contributed by atoms with Crippen molar-refractivity contribution in [2.24, 2.45) is 7.05 Å². The molecule has 3 aromatic rings. The van der Waals surface area contributed by atoms with Crippen molar-refractivity contribution in [3.8, 4) is 0 Å². The van der Waals surface area contributed by atoms with Gasteiger partial charge in [-0.2, -0.15) is 13.2 Å². The topological polar surface area (TPSA) is 88.0 Å². The highest BCUT2D eigenvalue weighted by molar-refractivity contribution is 5.96. The van der Waals surface area contributed by atoms with E-state index in [4.69, 9.17) is 0 Å². The highest BCUT2D eigenvalue weighted by Crippen LogP contribution is 2.39. The van der Waals surface area contributed by atoms with Gasteiger partial charge in [0, 0.05) is 43.1 Å². The zero-order valence-corrected chi connectivity index (χ0v) is 20.8. The number of fused-ring (bicyclic) bond motifs is 1. The number of carbonyl (C=O) groups is 1. The van der Waals surface area contributed by atoms with Crippen molar-refractivity contribution in [3.63, 3.8) is 0 Å². The largest absolute Gasteiger partial charge is 0.397 e. The van der Waals surface area contributed by atoms with Crippen molar-refractivity contribution >= 4 is 28.4 Å².